The highest BCUT2D eigenvalue weighted by Gasteiger charge is 2.41. The third kappa shape index (κ3) is 5.83. The molecule has 0 saturated heterocycles. The lowest BCUT2D eigenvalue weighted by Gasteiger charge is -2.38. The molecule has 0 spiro atoms. The maximum Gasteiger partial charge on any atom is 0.417 e. The van der Waals surface area contributed by atoms with Crippen LogP contribution in [-0.2, 0) is 10.9 Å². The maximum absolute atomic E-state index is 12.8. The number of alkyl halides is 3. The summed E-state index contributed by atoms with van der Waals surface area (Å²) in [6.45, 7) is 8.50. The molecular weight excluding hydrogens is 407 g/mol. The van der Waals surface area contributed by atoms with E-state index < -0.39 is 23.4 Å². The van der Waals surface area contributed by atoms with Gasteiger partial charge in [-0.05, 0) is 68.9 Å². The summed E-state index contributed by atoms with van der Waals surface area (Å²) in [4.78, 5) is 16.7. The van der Waals surface area contributed by atoms with E-state index in [0.717, 1.165) is 50.8 Å². The number of hydrogen-bond acceptors (Lipinski definition) is 4. The third-order valence-electron chi connectivity index (χ3n) is 6.97. The Kier molecular flexibility index (Phi) is 7.06. The molecule has 0 aromatic carbocycles. The fourth-order valence-corrected chi connectivity index (χ4v) is 5.04. The molecule has 3 rings (SSSR count). The number of pyridine rings is 1. The number of aromatic nitrogens is 1. The van der Waals surface area contributed by atoms with Gasteiger partial charge in [0.1, 0.15) is 11.9 Å². The highest BCUT2D eigenvalue weighted by Crippen LogP contribution is 2.37. The molecule has 0 aliphatic heterocycles. The summed E-state index contributed by atoms with van der Waals surface area (Å²) in [5, 5.41) is 6.26. The van der Waals surface area contributed by atoms with Crippen LogP contribution in [-0.4, -0.2) is 28.8 Å². The molecule has 1 heterocycles. The molecule has 2 fully saturated rings. The molecule has 0 bridgehead atoms. The summed E-state index contributed by atoms with van der Waals surface area (Å²) < 4.78 is 44.2. The molecule has 2 saturated carbocycles. The van der Waals surface area contributed by atoms with Gasteiger partial charge in [0.15, 0.2) is 0 Å². The third-order valence-corrected chi connectivity index (χ3v) is 6.97. The Morgan fingerprint density at radius 2 is 2.00 bits per heavy atom. The Hall–Kier alpha value is -1.99. The van der Waals surface area contributed by atoms with E-state index in [9.17, 15) is 18.0 Å². The summed E-state index contributed by atoms with van der Waals surface area (Å²) in [6, 6.07) is 2.15. The number of halogens is 3. The number of alkyl carbamates (subject to hydrolysis) is 1. The molecular formula is C23H34F3N3O2. The monoisotopic (exact) mass is 441 g/mol. The number of ether oxygens (including phenoxy) is 1. The molecule has 2 N–H and O–H groups in total. The van der Waals surface area contributed by atoms with Gasteiger partial charge in [-0.15, -0.1) is 0 Å². The second-order valence-corrected chi connectivity index (χ2v) is 9.83. The molecule has 2 unspecified atom stereocenters. The first-order valence-electron chi connectivity index (χ1n) is 11.3. The quantitative estimate of drug-likeness (QED) is 0.587. The number of carbonyl (C=O) groups excluding carboxylic acids is 1. The first-order valence-corrected chi connectivity index (χ1v) is 11.3. The second kappa shape index (κ2) is 9.25. The van der Waals surface area contributed by atoms with E-state index in [1.807, 2.05) is 6.92 Å². The molecule has 174 valence electrons. The first-order chi connectivity index (χ1) is 14.5. The van der Waals surface area contributed by atoms with Gasteiger partial charge in [-0.1, -0.05) is 27.2 Å². The Labute approximate surface area is 182 Å². The van der Waals surface area contributed by atoms with Gasteiger partial charge in [-0.25, -0.2) is 9.78 Å². The van der Waals surface area contributed by atoms with E-state index in [2.05, 4.69) is 36.4 Å². The second-order valence-electron chi connectivity index (χ2n) is 9.83. The minimum Gasteiger partial charge on any atom is -0.446 e. The van der Waals surface area contributed by atoms with Crippen LogP contribution >= 0.6 is 0 Å². The van der Waals surface area contributed by atoms with Gasteiger partial charge in [-0.3, -0.25) is 0 Å². The van der Waals surface area contributed by atoms with E-state index in [1.54, 1.807) is 0 Å². The molecule has 0 radical (unpaired) electrons. The molecule has 1 aromatic heterocycles. The minimum absolute atomic E-state index is 0.0825. The summed E-state index contributed by atoms with van der Waals surface area (Å²) in [5.41, 5.74) is -1.29. The number of hydrogen-bond donors (Lipinski definition) is 2. The number of nitrogens with zero attached hydrogens (tertiary/aromatic N) is 1. The standard InChI is InChI=1S/C23H34F3N3O2/c1-14(2)17-9-7-15(3)12-18(17)31-21(30)28-19-6-5-11-22(19,4)29-20-10-8-16(13-27-20)23(24,25)26/h8,10,13-15,17-19H,5-7,9,11-12H2,1-4H3,(H,27,29)(H,28,30)/t15-,17+,18-,19?,22?/m1/s1. The molecule has 5 atom stereocenters. The van der Waals surface area contributed by atoms with Crippen molar-refractivity contribution in [3.05, 3.63) is 23.9 Å². The van der Waals surface area contributed by atoms with E-state index in [1.165, 1.54) is 6.07 Å². The lowest BCUT2D eigenvalue weighted by Crippen LogP contribution is -2.53. The zero-order chi connectivity index (χ0) is 22.8. The van der Waals surface area contributed by atoms with Crippen LogP contribution in [0.1, 0.15) is 71.8 Å². The van der Waals surface area contributed by atoms with Gasteiger partial charge in [0.2, 0.25) is 0 Å². The number of carbonyl (C=O) groups is 1. The SMILES string of the molecule is CC(C)[C@@H]1CC[C@@H](C)C[C@H]1OC(=O)NC1CCCC1(C)Nc1ccc(C(F)(F)F)cn1. The number of rotatable bonds is 5. The Balaban J connectivity index is 1.62. The largest absolute Gasteiger partial charge is 0.446 e. The summed E-state index contributed by atoms with van der Waals surface area (Å²) >= 11 is 0. The average Bonchev–Trinajstić information content (AvgIpc) is 3.01. The number of nitrogens with one attached hydrogen (secondary N) is 2. The molecule has 31 heavy (non-hydrogen) atoms. The van der Waals surface area contributed by atoms with E-state index in [4.69, 9.17) is 4.74 Å². The van der Waals surface area contributed by atoms with E-state index in [-0.39, 0.29) is 12.1 Å². The molecule has 5 nitrogen and oxygen atoms in total. The molecule has 1 aromatic rings. The fourth-order valence-electron chi connectivity index (χ4n) is 5.04. The van der Waals surface area contributed by atoms with Crippen molar-refractivity contribution >= 4 is 11.9 Å². The van der Waals surface area contributed by atoms with Gasteiger partial charge in [0.25, 0.3) is 0 Å². The number of amides is 1. The lowest BCUT2D eigenvalue weighted by atomic mass is 9.75. The topological polar surface area (TPSA) is 63.2 Å². The Morgan fingerprint density at radius 1 is 1.26 bits per heavy atom. The fraction of sp³-hybridized carbons (Fsp3) is 0.739. The van der Waals surface area contributed by atoms with Gasteiger partial charge >= 0.3 is 12.3 Å². The van der Waals surface area contributed by atoms with Crippen molar-refractivity contribution in [1.29, 1.82) is 0 Å². The van der Waals surface area contributed by atoms with Crippen molar-refractivity contribution in [3.8, 4) is 0 Å². The average molecular weight is 442 g/mol. The normalized spacial score (nSPS) is 31.5. The van der Waals surface area contributed by atoms with Gasteiger partial charge in [0, 0.05) is 6.20 Å². The zero-order valence-electron chi connectivity index (χ0n) is 18.8. The van der Waals surface area contributed by atoms with Crippen LogP contribution in [0.4, 0.5) is 23.8 Å². The Bertz CT molecular complexity index is 753. The maximum atomic E-state index is 12.8. The number of anilines is 1. The van der Waals surface area contributed by atoms with Crippen LogP contribution in [0, 0.1) is 17.8 Å². The van der Waals surface area contributed by atoms with Crippen molar-refractivity contribution in [3.63, 3.8) is 0 Å². The van der Waals surface area contributed by atoms with Crippen LogP contribution < -0.4 is 10.6 Å². The van der Waals surface area contributed by atoms with Gasteiger partial charge in [-0.2, -0.15) is 13.2 Å². The summed E-state index contributed by atoms with van der Waals surface area (Å²) in [5.74, 6) is 1.72. The van der Waals surface area contributed by atoms with Crippen molar-refractivity contribution < 1.29 is 22.7 Å². The van der Waals surface area contributed by atoms with Crippen LogP contribution in [0.2, 0.25) is 0 Å². The van der Waals surface area contributed by atoms with Crippen LogP contribution in [0.3, 0.4) is 0 Å². The van der Waals surface area contributed by atoms with Gasteiger partial charge in [0.05, 0.1) is 17.1 Å². The first kappa shape index (κ1) is 23.7. The highest BCUT2D eigenvalue weighted by atomic mass is 19.4. The van der Waals surface area contributed by atoms with Crippen molar-refractivity contribution in [2.24, 2.45) is 17.8 Å². The predicted octanol–water partition coefficient (Wildman–Crippen LogP) is 6.01. The van der Waals surface area contributed by atoms with E-state index >= 15 is 0 Å². The zero-order valence-corrected chi connectivity index (χ0v) is 18.8. The predicted molar refractivity (Wildman–Crippen MR) is 114 cm³/mol. The molecule has 8 heteroatoms. The Morgan fingerprint density at radius 3 is 2.61 bits per heavy atom. The molecule has 2 aliphatic rings. The smallest absolute Gasteiger partial charge is 0.417 e. The molecule has 2 aliphatic carbocycles. The van der Waals surface area contributed by atoms with E-state index in [0.29, 0.717) is 23.6 Å². The van der Waals surface area contributed by atoms with Crippen LogP contribution in [0.25, 0.3) is 0 Å². The highest BCUT2D eigenvalue weighted by molar-refractivity contribution is 5.68. The summed E-state index contributed by atoms with van der Waals surface area (Å²) in [7, 11) is 0. The van der Waals surface area contributed by atoms with Crippen molar-refractivity contribution in [2.45, 2.75) is 90.1 Å². The van der Waals surface area contributed by atoms with Crippen molar-refractivity contribution in [1.82, 2.24) is 10.3 Å². The minimum atomic E-state index is -4.42. The van der Waals surface area contributed by atoms with Gasteiger partial charge < -0.3 is 15.4 Å². The van der Waals surface area contributed by atoms with Crippen LogP contribution in [0.15, 0.2) is 18.3 Å². The molecule has 1 amide bonds. The lowest BCUT2D eigenvalue weighted by molar-refractivity contribution is -0.137. The summed E-state index contributed by atoms with van der Waals surface area (Å²) in [6.07, 6.45) is 1.47. The van der Waals surface area contributed by atoms with Crippen molar-refractivity contribution in [2.75, 3.05) is 5.32 Å². The van der Waals surface area contributed by atoms with Crippen LogP contribution in [0.5, 0.6) is 0 Å².